The molecule has 0 saturated carbocycles. The molecule has 0 fully saturated rings. The highest BCUT2D eigenvalue weighted by Crippen LogP contribution is 2.04. The molecule has 4 atom stereocenters. The summed E-state index contributed by atoms with van der Waals surface area (Å²) < 4.78 is 0. The zero-order chi connectivity index (χ0) is 14.9. The molecule has 0 aromatic heterocycles. The van der Waals surface area contributed by atoms with Crippen LogP contribution in [-0.4, -0.2) is 69.9 Å². The van der Waals surface area contributed by atoms with Crippen molar-refractivity contribution in [1.29, 1.82) is 0 Å². The van der Waals surface area contributed by atoms with E-state index in [-0.39, 0.29) is 0 Å². The largest absolute Gasteiger partial charge is 0.547 e. The van der Waals surface area contributed by atoms with E-state index >= 15 is 0 Å². The lowest BCUT2D eigenvalue weighted by atomic mass is 10.0. The average molecular weight is 270 g/mol. The smallest absolute Gasteiger partial charge is 0.124 e. The lowest BCUT2D eigenvalue weighted by Crippen LogP contribution is -2.64. The maximum atomic E-state index is 9.96. The third kappa shape index (κ3) is 7.11. The first kappa shape index (κ1) is 19.0. The molecule has 108 valence electrons. The van der Waals surface area contributed by atoms with Crippen molar-refractivity contribution in [2.24, 2.45) is 0 Å². The van der Waals surface area contributed by atoms with Gasteiger partial charge in [-0.25, -0.2) is 0 Å². The standard InChI is InChI=1S/C6H10O8.C2H8N2/c7-1(3(9)5(11)12)2(8)4(10)6(13)14;3-1-2-4/h1-4,7-10H,(H,11,12)(H,13,14);1-4H2/t1-,2+,3+,4-;. The summed E-state index contributed by atoms with van der Waals surface area (Å²) in [7, 11) is 0. The minimum Gasteiger partial charge on any atom is -0.547 e. The average Bonchev–Trinajstić information content (AvgIpc) is 2.34. The number of aliphatic hydroxyl groups excluding tert-OH is 4. The number of carbonyl (C=O) groups is 2. The number of quaternary nitrogens is 2. The van der Waals surface area contributed by atoms with E-state index in [2.05, 4.69) is 11.5 Å². The van der Waals surface area contributed by atoms with Crippen LogP contribution in [0, 0.1) is 0 Å². The molecular formula is C8H18N2O8. The lowest BCUT2D eigenvalue weighted by molar-refractivity contribution is -0.453. The summed E-state index contributed by atoms with van der Waals surface area (Å²) in [4.78, 5) is 19.9. The molecule has 0 unspecified atom stereocenters. The zero-order valence-corrected chi connectivity index (χ0v) is 9.56. The first-order chi connectivity index (χ1) is 8.20. The molecule has 18 heavy (non-hydrogen) atoms. The van der Waals surface area contributed by atoms with Gasteiger partial charge >= 0.3 is 0 Å². The molecule has 10 heteroatoms. The molecule has 0 aliphatic rings. The number of carboxylic acid groups (broad SMARTS) is 2. The van der Waals surface area contributed by atoms with Gasteiger partial charge < -0.3 is 51.7 Å². The van der Waals surface area contributed by atoms with Gasteiger partial charge in [0.05, 0.1) is 11.9 Å². The van der Waals surface area contributed by atoms with Crippen LogP contribution in [0.5, 0.6) is 0 Å². The molecule has 0 aromatic carbocycles. The third-order valence-corrected chi connectivity index (χ3v) is 1.73. The van der Waals surface area contributed by atoms with Gasteiger partial charge in [0, 0.05) is 0 Å². The predicted octanol–water partition coefficient (Wildman–Crippen LogP) is -8.60. The summed E-state index contributed by atoms with van der Waals surface area (Å²) in [6.07, 6.45) is -9.76. The highest BCUT2D eigenvalue weighted by atomic mass is 16.4. The van der Waals surface area contributed by atoms with Crippen LogP contribution in [0.4, 0.5) is 0 Å². The Morgan fingerprint density at radius 3 is 1.17 bits per heavy atom. The Morgan fingerprint density at radius 2 is 1.06 bits per heavy atom. The Bertz CT molecular complexity index is 235. The van der Waals surface area contributed by atoms with Crippen molar-refractivity contribution in [1.82, 2.24) is 0 Å². The molecule has 0 heterocycles. The molecular weight excluding hydrogens is 252 g/mol. The summed E-state index contributed by atoms with van der Waals surface area (Å²) >= 11 is 0. The Hall–Kier alpha value is -1.30. The summed E-state index contributed by atoms with van der Waals surface area (Å²) in [6, 6.07) is 0. The van der Waals surface area contributed by atoms with Crippen molar-refractivity contribution in [2.75, 3.05) is 13.1 Å². The van der Waals surface area contributed by atoms with Crippen LogP contribution in [0.15, 0.2) is 0 Å². The van der Waals surface area contributed by atoms with Crippen LogP contribution in [0.2, 0.25) is 0 Å². The van der Waals surface area contributed by atoms with Gasteiger partial charge in [0.1, 0.15) is 37.5 Å². The molecule has 0 aromatic rings. The van der Waals surface area contributed by atoms with Gasteiger partial charge in [-0.15, -0.1) is 0 Å². The number of carbonyl (C=O) groups excluding carboxylic acids is 2. The normalized spacial score (nSPS) is 16.8. The lowest BCUT2D eigenvalue weighted by Gasteiger charge is -2.27. The van der Waals surface area contributed by atoms with E-state index in [0.717, 1.165) is 13.1 Å². The van der Waals surface area contributed by atoms with E-state index in [4.69, 9.17) is 20.4 Å². The summed E-state index contributed by atoms with van der Waals surface area (Å²) in [5, 5.41) is 54.7. The Kier molecular flexibility index (Phi) is 10.3. The number of hydrogen-bond donors (Lipinski definition) is 6. The van der Waals surface area contributed by atoms with Crippen LogP contribution in [0.1, 0.15) is 0 Å². The fourth-order valence-electron chi connectivity index (χ4n) is 0.652. The zero-order valence-electron chi connectivity index (χ0n) is 9.56. The third-order valence-electron chi connectivity index (χ3n) is 1.73. The second-order valence-corrected chi connectivity index (χ2v) is 3.22. The number of aliphatic hydroxyl groups is 4. The molecule has 10 nitrogen and oxygen atoms in total. The van der Waals surface area contributed by atoms with Crippen molar-refractivity contribution in [3.8, 4) is 0 Å². The summed E-state index contributed by atoms with van der Waals surface area (Å²) in [6.45, 7) is 1.92. The minimum absolute atomic E-state index is 0.958. The van der Waals surface area contributed by atoms with Crippen LogP contribution in [0.25, 0.3) is 0 Å². The van der Waals surface area contributed by atoms with Gasteiger partial charge in [-0.3, -0.25) is 0 Å². The fourth-order valence-corrected chi connectivity index (χ4v) is 0.652. The number of hydrogen-bond acceptors (Lipinski definition) is 8. The quantitative estimate of drug-likeness (QED) is 0.271. The maximum absolute atomic E-state index is 9.96. The highest BCUT2D eigenvalue weighted by Gasteiger charge is 2.31. The van der Waals surface area contributed by atoms with Crippen LogP contribution in [-0.2, 0) is 9.59 Å². The van der Waals surface area contributed by atoms with Gasteiger partial charge in [0.2, 0.25) is 0 Å². The van der Waals surface area contributed by atoms with Crippen molar-refractivity contribution < 1.29 is 51.7 Å². The number of aliphatic carboxylic acids is 2. The van der Waals surface area contributed by atoms with Crippen molar-refractivity contribution in [3.63, 3.8) is 0 Å². The Morgan fingerprint density at radius 1 is 0.833 bits per heavy atom. The van der Waals surface area contributed by atoms with E-state index < -0.39 is 36.4 Å². The second kappa shape index (κ2) is 9.70. The first-order valence-electron chi connectivity index (χ1n) is 4.93. The molecule has 0 spiro atoms. The van der Waals surface area contributed by atoms with Crippen molar-refractivity contribution in [2.45, 2.75) is 24.4 Å². The monoisotopic (exact) mass is 270 g/mol. The molecule has 0 amide bonds. The van der Waals surface area contributed by atoms with E-state index in [0.29, 0.717) is 0 Å². The van der Waals surface area contributed by atoms with Gasteiger partial charge in [-0.05, 0) is 0 Å². The van der Waals surface area contributed by atoms with Crippen LogP contribution in [0.3, 0.4) is 0 Å². The van der Waals surface area contributed by atoms with Crippen LogP contribution < -0.4 is 21.7 Å². The van der Waals surface area contributed by atoms with E-state index in [1.165, 1.54) is 0 Å². The minimum atomic E-state index is -2.50. The SMILES string of the molecule is O=C([O-])[C@@H](O)[C@H](O)[C@H](O)[C@@H](O)C(=O)[O-].[NH3+]CC[NH3+]. The Labute approximate surface area is 102 Å². The van der Waals surface area contributed by atoms with Gasteiger partial charge in [-0.2, -0.15) is 0 Å². The van der Waals surface area contributed by atoms with Gasteiger partial charge in [0.25, 0.3) is 0 Å². The molecule has 10 N–H and O–H groups in total. The van der Waals surface area contributed by atoms with Gasteiger partial charge in [0.15, 0.2) is 0 Å². The maximum Gasteiger partial charge on any atom is 0.124 e. The van der Waals surface area contributed by atoms with Crippen LogP contribution >= 0.6 is 0 Å². The fraction of sp³-hybridized carbons (Fsp3) is 0.750. The molecule has 0 rings (SSSR count). The topological polar surface area (TPSA) is 216 Å². The van der Waals surface area contributed by atoms with E-state index in [9.17, 15) is 19.8 Å². The molecule has 0 aliphatic carbocycles. The molecule has 0 aliphatic heterocycles. The van der Waals surface area contributed by atoms with Crippen molar-refractivity contribution in [3.05, 3.63) is 0 Å². The van der Waals surface area contributed by atoms with E-state index in [1.54, 1.807) is 0 Å². The summed E-state index contributed by atoms with van der Waals surface area (Å²) in [5.41, 5.74) is 7.08. The predicted molar refractivity (Wildman–Crippen MR) is 49.6 cm³/mol. The molecule has 0 radical (unpaired) electrons. The van der Waals surface area contributed by atoms with E-state index in [1.807, 2.05) is 0 Å². The second-order valence-electron chi connectivity index (χ2n) is 3.22. The first-order valence-corrected chi connectivity index (χ1v) is 4.93. The van der Waals surface area contributed by atoms with Crippen molar-refractivity contribution >= 4 is 11.9 Å². The molecule has 0 bridgehead atoms. The highest BCUT2D eigenvalue weighted by molar-refractivity contribution is 5.72. The van der Waals surface area contributed by atoms with Gasteiger partial charge in [-0.1, -0.05) is 0 Å². The summed E-state index contributed by atoms with van der Waals surface area (Å²) in [5.74, 6) is -4.22. The number of rotatable bonds is 6. The number of carboxylic acids is 2. The Balaban J connectivity index is 0. The molecule has 0 saturated heterocycles.